The van der Waals surface area contributed by atoms with Crippen LogP contribution in [0.25, 0.3) is 0 Å². The van der Waals surface area contributed by atoms with E-state index in [1.54, 1.807) is 36.9 Å². The van der Waals surface area contributed by atoms with Gasteiger partial charge in [0.1, 0.15) is 5.69 Å². The highest BCUT2D eigenvalue weighted by molar-refractivity contribution is 5.97. The van der Waals surface area contributed by atoms with Crippen molar-refractivity contribution in [2.45, 2.75) is 71.6 Å². The molecule has 2 fully saturated rings. The Morgan fingerprint density at radius 3 is 1.93 bits per heavy atom. The van der Waals surface area contributed by atoms with Crippen molar-refractivity contribution in [2.24, 2.45) is 0 Å². The molecule has 0 bridgehead atoms. The summed E-state index contributed by atoms with van der Waals surface area (Å²) in [5.41, 5.74) is 12.3. The molecule has 0 atom stereocenters. The molecule has 2 saturated carbocycles. The number of hydrogen-bond donors (Lipinski definition) is 3. The number of aryl methyl sites for hydroxylation is 4. The number of nitrogen functional groups attached to an aromatic ring is 1. The number of ketones is 1. The minimum Gasteiger partial charge on any atom is -0.409 e. The predicted molar refractivity (Wildman–Crippen MR) is 165 cm³/mol. The van der Waals surface area contributed by atoms with Crippen LogP contribution in [-0.2, 0) is 11.2 Å². The maximum atomic E-state index is 12.4. The topological polar surface area (TPSA) is 161 Å². The van der Waals surface area contributed by atoms with Crippen LogP contribution in [0.2, 0.25) is 0 Å². The van der Waals surface area contributed by atoms with Gasteiger partial charge in [0.05, 0.1) is 5.69 Å². The Morgan fingerprint density at radius 1 is 0.860 bits per heavy atom. The molecule has 6 rings (SSSR count). The molecule has 4 heterocycles. The SMILES string of the molecule is Cc1c[nH]c(=O)c(CC(=O)c2ncc(C3CC3)cc2C)c1.Cc1c[nH]c(=O)c(N)c1.Cc1cc(C2CC2)cnc1OC=O. The maximum Gasteiger partial charge on any atom is 0.299 e. The largest absolute Gasteiger partial charge is 0.409 e. The number of hydrogen-bond acceptors (Lipinski definition) is 8. The van der Waals surface area contributed by atoms with E-state index in [4.69, 9.17) is 10.5 Å². The van der Waals surface area contributed by atoms with Crippen molar-refractivity contribution in [1.82, 2.24) is 19.9 Å². The zero-order valence-corrected chi connectivity index (χ0v) is 24.9. The summed E-state index contributed by atoms with van der Waals surface area (Å²) in [5.74, 6) is 1.63. The number of nitrogens with two attached hydrogens (primary N) is 1. The molecule has 224 valence electrons. The number of nitrogens with zero attached hydrogens (tertiary/aromatic N) is 2. The zero-order valence-electron chi connectivity index (χ0n) is 24.9. The molecule has 0 aromatic carbocycles. The van der Waals surface area contributed by atoms with Gasteiger partial charge in [-0.25, -0.2) is 4.98 Å². The second-order valence-corrected chi connectivity index (χ2v) is 11.2. The Kier molecular flexibility index (Phi) is 10.0. The third kappa shape index (κ3) is 8.81. The first-order chi connectivity index (χ1) is 20.5. The van der Waals surface area contributed by atoms with Crippen molar-refractivity contribution >= 4 is 17.9 Å². The summed E-state index contributed by atoms with van der Waals surface area (Å²) in [4.78, 5) is 58.3. The fourth-order valence-corrected chi connectivity index (χ4v) is 4.58. The van der Waals surface area contributed by atoms with Gasteiger partial charge in [-0.1, -0.05) is 6.07 Å². The fourth-order valence-electron chi connectivity index (χ4n) is 4.58. The Morgan fingerprint density at radius 2 is 1.42 bits per heavy atom. The number of H-pyrrole nitrogens is 2. The molecule has 0 spiro atoms. The predicted octanol–water partition coefficient (Wildman–Crippen LogP) is 4.76. The number of carbonyl (C=O) groups excluding carboxylic acids is 2. The molecular weight excluding hydrogens is 546 g/mol. The number of nitrogens with one attached hydrogen (secondary N) is 2. The van der Waals surface area contributed by atoms with Crippen LogP contribution in [0.3, 0.4) is 0 Å². The third-order valence-corrected chi connectivity index (χ3v) is 7.22. The van der Waals surface area contributed by atoms with Crippen molar-refractivity contribution < 1.29 is 14.3 Å². The summed E-state index contributed by atoms with van der Waals surface area (Å²) in [5, 5.41) is 0. The average molecular weight is 584 g/mol. The van der Waals surface area contributed by atoms with Gasteiger partial charge in [0, 0.05) is 42.3 Å². The zero-order chi connectivity index (χ0) is 31.1. The number of ether oxygens (including phenoxy) is 1. The molecule has 10 heteroatoms. The second-order valence-electron chi connectivity index (χ2n) is 11.2. The molecule has 43 heavy (non-hydrogen) atoms. The van der Waals surface area contributed by atoms with Crippen LogP contribution >= 0.6 is 0 Å². The molecule has 0 amide bonds. The lowest BCUT2D eigenvalue weighted by Crippen LogP contribution is -2.17. The van der Waals surface area contributed by atoms with Gasteiger partial charge in [0.25, 0.3) is 17.6 Å². The minimum atomic E-state index is -0.222. The molecule has 2 aliphatic rings. The summed E-state index contributed by atoms with van der Waals surface area (Å²) >= 11 is 0. The van der Waals surface area contributed by atoms with E-state index in [0.717, 1.165) is 22.3 Å². The first-order valence-electron chi connectivity index (χ1n) is 14.2. The van der Waals surface area contributed by atoms with Gasteiger partial charge in [0.15, 0.2) is 5.78 Å². The molecule has 0 unspecified atom stereocenters. The Balaban J connectivity index is 0.000000163. The Labute approximate surface area is 249 Å². The van der Waals surface area contributed by atoms with Gasteiger partial charge in [-0.2, -0.15) is 0 Å². The first kappa shape index (κ1) is 31.1. The van der Waals surface area contributed by atoms with E-state index in [0.29, 0.717) is 35.4 Å². The van der Waals surface area contributed by atoms with E-state index in [1.165, 1.54) is 36.8 Å². The number of Topliss-reactive ketones (excluding diaryl/α,β-unsaturated/α-hetero) is 1. The van der Waals surface area contributed by atoms with Gasteiger partial charge in [-0.15, -0.1) is 0 Å². The molecule has 4 aromatic heterocycles. The Hall–Kier alpha value is -4.86. The normalized spacial score (nSPS) is 13.6. The summed E-state index contributed by atoms with van der Waals surface area (Å²) < 4.78 is 4.70. The van der Waals surface area contributed by atoms with E-state index in [9.17, 15) is 19.2 Å². The lowest BCUT2D eigenvalue weighted by Gasteiger charge is -2.06. The number of carbonyl (C=O) groups is 2. The Bertz CT molecular complexity index is 1730. The average Bonchev–Trinajstić information content (AvgIpc) is 3.88. The van der Waals surface area contributed by atoms with Crippen molar-refractivity contribution in [1.29, 1.82) is 0 Å². The van der Waals surface area contributed by atoms with Crippen molar-refractivity contribution in [3.63, 3.8) is 0 Å². The molecule has 0 saturated heterocycles. The van der Waals surface area contributed by atoms with E-state index in [1.807, 2.05) is 33.8 Å². The lowest BCUT2D eigenvalue weighted by atomic mass is 10.0. The van der Waals surface area contributed by atoms with Gasteiger partial charge in [-0.3, -0.25) is 24.2 Å². The standard InChI is InChI=1S/C17H18N2O2.C10H11NO2.C6H8N2O/c1-10-5-13(17(21)19-8-10)7-15(20)16-11(2)6-14(9-18-16)12-3-4-12;1-7-4-9(8-2-3-8)5-11-10(7)13-6-12;1-4-2-5(7)6(9)8-3-4/h5-6,8-9,12H,3-4,7H2,1-2H3,(H,19,21);4-6,8H,2-3H2,1H3;2-3H,7H2,1H3,(H,8,9). The van der Waals surface area contributed by atoms with Gasteiger partial charge < -0.3 is 20.4 Å². The van der Waals surface area contributed by atoms with Crippen LogP contribution < -0.4 is 21.6 Å². The molecule has 2 aliphatic carbocycles. The van der Waals surface area contributed by atoms with Crippen LogP contribution in [0, 0.1) is 27.7 Å². The van der Waals surface area contributed by atoms with Gasteiger partial charge in [0.2, 0.25) is 5.88 Å². The number of aromatic amines is 2. The summed E-state index contributed by atoms with van der Waals surface area (Å²) in [6.07, 6.45) is 11.9. The van der Waals surface area contributed by atoms with E-state index < -0.39 is 0 Å². The number of pyridine rings is 4. The highest BCUT2D eigenvalue weighted by Crippen LogP contribution is 2.41. The van der Waals surface area contributed by atoms with Crippen molar-refractivity contribution in [3.8, 4) is 5.88 Å². The number of rotatable bonds is 7. The maximum absolute atomic E-state index is 12.4. The lowest BCUT2D eigenvalue weighted by molar-refractivity contribution is -0.121. The van der Waals surface area contributed by atoms with Crippen LogP contribution in [0.5, 0.6) is 5.88 Å². The molecular formula is C33H37N5O5. The highest BCUT2D eigenvalue weighted by atomic mass is 16.5. The smallest absolute Gasteiger partial charge is 0.299 e. The van der Waals surface area contributed by atoms with Crippen LogP contribution in [0.4, 0.5) is 5.69 Å². The number of anilines is 1. The summed E-state index contributed by atoms with van der Waals surface area (Å²) in [7, 11) is 0. The minimum absolute atomic E-state index is 0.0909. The molecule has 0 radical (unpaired) electrons. The molecule has 10 nitrogen and oxygen atoms in total. The van der Waals surface area contributed by atoms with E-state index in [2.05, 4.69) is 26.0 Å². The van der Waals surface area contributed by atoms with Gasteiger partial charge in [-0.05, 0) is 111 Å². The van der Waals surface area contributed by atoms with E-state index >= 15 is 0 Å². The fraction of sp³-hybridized carbons (Fsp3) is 0.333. The molecule has 0 aliphatic heterocycles. The monoisotopic (exact) mass is 583 g/mol. The molecule has 4 aromatic rings. The summed E-state index contributed by atoms with van der Waals surface area (Å²) in [6.45, 7) is 7.97. The summed E-state index contributed by atoms with van der Waals surface area (Å²) in [6, 6.07) is 7.49. The third-order valence-electron chi connectivity index (χ3n) is 7.22. The number of aromatic nitrogens is 4. The van der Waals surface area contributed by atoms with Crippen molar-refractivity contribution in [2.75, 3.05) is 5.73 Å². The van der Waals surface area contributed by atoms with Gasteiger partial charge >= 0.3 is 0 Å². The highest BCUT2D eigenvalue weighted by Gasteiger charge is 2.25. The van der Waals surface area contributed by atoms with E-state index in [-0.39, 0.29) is 29.0 Å². The van der Waals surface area contributed by atoms with Crippen LogP contribution in [0.15, 0.2) is 58.6 Å². The van der Waals surface area contributed by atoms with Crippen molar-refractivity contribution in [3.05, 3.63) is 114 Å². The quantitative estimate of drug-likeness (QED) is 0.207. The van der Waals surface area contributed by atoms with Crippen LogP contribution in [0.1, 0.15) is 87.0 Å². The molecule has 4 N–H and O–H groups in total. The second kappa shape index (κ2) is 13.9. The first-order valence-corrected chi connectivity index (χ1v) is 14.2. The van der Waals surface area contributed by atoms with Crippen LogP contribution in [-0.4, -0.2) is 32.2 Å².